The molecule has 1 saturated heterocycles. The molecular formula is C16H26N4O4S. The van der Waals surface area contributed by atoms with Crippen LogP contribution in [0.5, 0.6) is 0 Å². The molecule has 8 nitrogen and oxygen atoms in total. The molecule has 2 aliphatic rings. The molecule has 1 aliphatic carbocycles. The van der Waals surface area contributed by atoms with Crippen molar-refractivity contribution < 1.29 is 18.0 Å². The van der Waals surface area contributed by atoms with Gasteiger partial charge in [0.1, 0.15) is 12.6 Å². The van der Waals surface area contributed by atoms with Gasteiger partial charge in [-0.2, -0.15) is 5.26 Å². The van der Waals surface area contributed by atoms with E-state index in [0.717, 1.165) is 25.7 Å². The number of urea groups is 1. The molecule has 0 unspecified atom stereocenters. The standard InChI is InChI=1S/C16H26N4O4S/c17-6-7-18-15(21)14(12-13-4-2-1-3-5-13)19-16(22)20-8-10-25(23,24)11-9-20/h13-14H,1-5,7-12H2,(H,18,21)(H,19,22)/t14-/m0/s1. The molecular weight excluding hydrogens is 344 g/mol. The van der Waals surface area contributed by atoms with Gasteiger partial charge in [0.25, 0.3) is 0 Å². The smallest absolute Gasteiger partial charge is 0.318 e. The van der Waals surface area contributed by atoms with Gasteiger partial charge in [-0.3, -0.25) is 4.79 Å². The molecule has 25 heavy (non-hydrogen) atoms. The fourth-order valence-electron chi connectivity index (χ4n) is 3.39. The maximum Gasteiger partial charge on any atom is 0.318 e. The van der Waals surface area contributed by atoms with Crippen LogP contribution in [0.4, 0.5) is 4.79 Å². The second kappa shape index (κ2) is 9.04. The summed E-state index contributed by atoms with van der Waals surface area (Å²) in [5.41, 5.74) is 0. The summed E-state index contributed by atoms with van der Waals surface area (Å²) in [5.74, 6) is -0.0680. The monoisotopic (exact) mass is 370 g/mol. The fourth-order valence-corrected chi connectivity index (χ4v) is 4.59. The summed E-state index contributed by atoms with van der Waals surface area (Å²) in [6, 6.07) is 0.755. The topological polar surface area (TPSA) is 119 Å². The van der Waals surface area contributed by atoms with Gasteiger partial charge in [-0.15, -0.1) is 0 Å². The van der Waals surface area contributed by atoms with Gasteiger partial charge in [0.2, 0.25) is 5.91 Å². The van der Waals surface area contributed by atoms with Gasteiger partial charge in [0, 0.05) is 13.1 Å². The molecule has 1 saturated carbocycles. The highest BCUT2D eigenvalue weighted by Crippen LogP contribution is 2.27. The predicted molar refractivity (Wildman–Crippen MR) is 92.4 cm³/mol. The summed E-state index contributed by atoms with van der Waals surface area (Å²) >= 11 is 0. The van der Waals surface area contributed by atoms with E-state index in [2.05, 4.69) is 10.6 Å². The first-order chi connectivity index (χ1) is 11.9. The van der Waals surface area contributed by atoms with E-state index in [0.29, 0.717) is 12.3 Å². The molecule has 0 aromatic carbocycles. The van der Waals surface area contributed by atoms with Crippen molar-refractivity contribution >= 4 is 21.8 Å². The molecule has 0 spiro atoms. The van der Waals surface area contributed by atoms with Gasteiger partial charge in [0.05, 0.1) is 17.6 Å². The van der Waals surface area contributed by atoms with E-state index in [4.69, 9.17) is 5.26 Å². The minimum absolute atomic E-state index is 0.0473. The van der Waals surface area contributed by atoms with Gasteiger partial charge in [-0.1, -0.05) is 32.1 Å². The molecule has 1 atom stereocenters. The molecule has 0 bridgehead atoms. The Kier molecular flexibility index (Phi) is 7.05. The first-order valence-electron chi connectivity index (χ1n) is 8.82. The molecule has 9 heteroatoms. The number of amides is 3. The Morgan fingerprint density at radius 1 is 1.16 bits per heavy atom. The fraction of sp³-hybridized carbons (Fsp3) is 0.812. The number of hydrogen-bond acceptors (Lipinski definition) is 5. The number of sulfone groups is 1. The number of hydrogen-bond donors (Lipinski definition) is 2. The maximum atomic E-state index is 12.4. The molecule has 1 heterocycles. The maximum absolute atomic E-state index is 12.4. The Morgan fingerprint density at radius 2 is 1.80 bits per heavy atom. The van der Waals surface area contributed by atoms with E-state index < -0.39 is 21.9 Å². The lowest BCUT2D eigenvalue weighted by Gasteiger charge is -2.30. The van der Waals surface area contributed by atoms with Crippen LogP contribution in [-0.4, -0.2) is 62.4 Å². The lowest BCUT2D eigenvalue weighted by Crippen LogP contribution is -2.54. The average Bonchev–Trinajstić information content (AvgIpc) is 2.59. The molecule has 140 valence electrons. The zero-order valence-corrected chi connectivity index (χ0v) is 15.2. The van der Waals surface area contributed by atoms with Gasteiger partial charge in [-0.25, -0.2) is 13.2 Å². The van der Waals surface area contributed by atoms with Crippen LogP contribution in [0, 0.1) is 17.2 Å². The van der Waals surface area contributed by atoms with Crippen LogP contribution in [0.2, 0.25) is 0 Å². The highest BCUT2D eigenvalue weighted by molar-refractivity contribution is 7.91. The van der Waals surface area contributed by atoms with Gasteiger partial charge in [0.15, 0.2) is 9.84 Å². The van der Waals surface area contributed by atoms with E-state index in [1.165, 1.54) is 11.3 Å². The van der Waals surface area contributed by atoms with E-state index in [-0.39, 0.29) is 37.0 Å². The van der Waals surface area contributed by atoms with Crippen LogP contribution in [0.1, 0.15) is 38.5 Å². The van der Waals surface area contributed by atoms with Crippen LogP contribution in [0.3, 0.4) is 0 Å². The number of nitrogens with one attached hydrogen (secondary N) is 2. The molecule has 0 aromatic heterocycles. The second-order valence-corrected chi connectivity index (χ2v) is 9.06. The van der Waals surface area contributed by atoms with Crippen molar-refractivity contribution in [1.29, 1.82) is 5.26 Å². The Hall–Kier alpha value is -1.82. The zero-order valence-electron chi connectivity index (χ0n) is 14.4. The van der Waals surface area contributed by atoms with Crippen LogP contribution in [0.25, 0.3) is 0 Å². The quantitative estimate of drug-likeness (QED) is 0.679. The summed E-state index contributed by atoms with van der Waals surface area (Å²) < 4.78 is 23.0. The SMILES string of the molecule is N#CCNC(=O)[C@H](CC1CCCCC1)NC(=O)N1CCS(=O)(=O)CC1. The summed E-state index contributed by atoms with van der Waals surface area (Å²) in [6.45, 7) is 0.187. The van der Waals surface area contributed by atoms with Crippen molar-refractivity contribution in [3.63, 3.8) is 0 Å². The summed E-state index contributed by atoms with van der Waals surface area (Å²) in [4.78, 5) is 26.2. The summed E-state index contributed by atoms with van der Waals surface area (Å²) in [6.07, 6.45) is 6.11. The molecule has 3 amide bonds. The van der Waals surface area contributed by atoms with Crippen molar-refractivity contribution in [3.8, 4) is 6.07 Å². The third-order valence-electron chi connectivity index (χ3n) is 4.88. The van der Waals surface area contributed by atoms with Gasteiger partial charge in [-0.05, 0) is 12.3 Å². The third-order valence-corrected chi connectivity index (χ3v) is 6.49. The van der Waals surface area contributed by atoms with Crippen molar-refractivity contribution in [3.05, 3.63) is 0 Å². The van der Waals surface area contributed by atoms with Gasteiger partial charge >= 0.3 is 6.03 Å². The van der Waals surface area contributed by atoms with E-state index >= 15 is 0 Å². The number of carbonyl (C=O) groups excluding carboxylic acids is 2. The molecule has 0 radical (unpaired) electrons. The van der Waals surface area contributed by atoms with E-state index in [1.54, 1.807) is 0 Å². The third kappa shape index (κ3) is 6.20. The first-order valence-corrected chi connectivity index (χ1v) is 10.6. The molecule has 2 fully saturated rings. The second-order valence-electron chi connectivity index (χ2n) is 6.76. The molecule has 2 rings (SSSR count). The lowest BCUT2D eigenvalue weighted by atomic mass is 9.84. The van der Waals surface area contributed by atoms with Crippen molar-refractivity contribution in [1.82, 2.24) is 15.5 Å². The molecule has 0 aromatic rings. The Bertz CT molecular complexity index is 609. The van der Waals surface area contributed by atoms with E-state index in [9.17, 15) is 18.0 Å². The first kappa shape index (κ1) is 19.5. The van der Waals surface area contributed by atoms with Gasteiger partial charge < -0.3 is 15.5 Å². The minimum Gasteiger partial charge on any atom is -0.341 e. The van der Waals surface area contributed by atoms with Crippen LogP contribution in [0.15, 0.2) is 0 Å². The largest absolute Gasteiger partial charge is 0.341 e. The highest BCUT2D eigenvalue weighted by Gasteiger charge is 2.30. The Balaban J connectivity index is 1.95. The number of carbonyl (C=O) groups is 2. The Labute approximate surface area is 148 Å². The van der Waals surface area contributed by atoms with Crippen molar-refractivity contribution in [2.24, 2.45) is 5.92 Å². The summed E-state index contributed by atoms with van der Waals surface area (Å²) in [7, 11) is -3.07. The number of nitriles is 1. The Morgan fingerprint density at radius 3 is 2.40 bits per heavy atom. The van der Waals surface area contributed by atoms with Crippen LogP contribution in [-0.2, 0) is 14.6 Å². The minimum atomic E-state index is -3.07. The van der Waals surface area contributed by atoms with Crippen LogP contribution >= 0.6 is 0 Å². The normalized spacial score (nSPS) is 21.8. The van der Waals surface area contributed by atoms with Crippen molar-refractivity contribution in [2.45, 2.75) is 44.6 Å². The highest BCUT2D eigenvalue weighted by atomic mass is 32.2. The molecule has 2 N–H and O–H groups in total. The zero-order chi connectivity index (χ0) is 18.3. The van der Waals surface area contributed by atoms with Crippen LogP contribution < -0.4 is 10.6 Å². The number of nitrogens with zero attached hydrogens (tertiary/aromatic N) is 2. The van der Waals surface area contributed by atoms with Crippen molar-refractivity contribution in [2.75, 3.05) is 31.1 Å². The average molecular weight is 370 g/mol. The molecule has 1 aliphatic heterocycles. The van der Waals surface area contributed by atoms with E-state index in [1.807, 2.05) is 6.07 Å². The number of rotatable bonds is 5. The predicted octanol–water partition coefficient (Wildman–Crippen LogP) is 0.405. The lowest BCUT2D eigenvalue weighted by molar-refractivity contribution is -0.123. The summed E-state index contributed by atoms with van der Waals surface area (Å²) in [5, 5.41) is 13.9.